The van der Waals surface area contributed by atoms with Gasteiger partial charge in [-0.1, -0.05) is 50.5 Å². The number of rotatable bonds is 3. The van der Waals surface area contributed by atoms with Crippen LogP contribution in [0.5, 0.6) is 0 Å². The molecule has 1 aromatic heterocycles. The molecule has 3 nitrogen and oxygen atoms in total. The van der Waals surface area contributed by atoms with Crippen LogP contribution in [0.2, 0.25) is 0 Å². The van der Waals surface area contributed by atoms with Gasteiger partial charge >= 0.3 is 0 Å². The second kappa shape index (κ2) is 5.38. The average Bonchev–Trinajstić information content (AvgIpc) is 3.15. The first-order chi connectivity index (χ1) is 10.8. The van der Waals surface area contributed by atoms with E-state index >= 15 is 0 Å². The van der Waals surface area contributed by atoms with Gasteiger partial charge in [0.15, 0.2) is 0 Å². The zero-order valence-electron chi connectivity index (χ0n) is 13.0. The minimum atomic E-state index is 0.0136. The number of ketones is 1. The van der Waals surface area contributed by atoms with Crippen LogP contribution in [0.4, 0.5) is 0 Å². The van der Waals surface area contributed by atoms with Gasteiger partial charge in [0.25, 0.3) is 0 Å². The molecule has 0 amide bonds. The second-order valence-corrected chi connectivity index (χ2v) is 6.74. The first kappa shape index (κ1) is 13.7. The fourth-order valence-corrected chi connectivity index (χ4v) is 4.30. The summed E-state index contributed by atoms with van der Waals surface area (Å²) in [5, 5.41) is 0. The third-order valence-electron chi connectivity index (χ3n) is 5.45. The second-order valence-electron chi connectivity index (χ2n) is 6.74. The van der Waals surface area contributed by atoms with E-state index in [-0.39, 0.29) is 17.9 Å². The van der Waals surface area contributed by atoms with E-state index in [1.54, 1.807) is 0 Å². The van der Waals surface area contributed by atoms with Crippen molar-refractivity contribution in [2.75, 3.05) is 0 Å². The molecule has 0 N–H and O–H groups in total. The first-order valence-corrected chi connectivity index (χ1v) is 8.42. The highest BCUT2D eigenvalue weighted by Crippen LogP contribution is 2.44. The molecule has 2 atom stereocenters. The SMILES string of the molecule is C[C@H](C(=O)C1CCCCC1)[C@H]1c2ccccc2-c2cncn21. The van der Waals surface area contributed by atoms with Crippen molar-refractivity contribution in [1.29, 1.82) is 0 Å². The van der Waals surface area contributed by atoms with Gasteiger partial charge in [0, 0.05) is 17.4 Å². The Morgan fingerprint density at radius 3 is 2.82 bits per heavy atom. The summed E-state index contributed by atoms with van der Waals surface area (Å²) in [7, 11) is 0. The van der Waals surface area contributed by atoms with Crippen molar-refractivity contribution in [3.8, 4) is 11.3 Å². The minimum absolute atomic E-state index is 0.0136. The molecule has 1 saturated carbocycles. The van der Waals surface area contributed by atoms with Gasteiger partial charge in [-0.2, -0.15) is 0 Å². The Labute approximate surface area is 131 Å². The molecule has 3 heteroatoms. The lowest BCUT2D eigenvalue weighted by Crippen LogP contribution is -2.29. The van der Waals surface area contributed by atoms with Crippen LogP contribution in [0.3, 0.4) is 0 Å². The molecular weight excluding hydrogens is 272 g/mol. The summed E-state index contributed by atoms with van der Waals surface area (Å²) in [6.45, 7) is 2.10. The molecule has 2 aromatic rings. The van der Waals surface area contributed by atoms with Crippen molar-refractivity contribution in [1.82, 2.24) is 9.55 Å². The number of aromatic nitrogens is 2. The highest BCUT2D eigenvalue weighted by Gasteiger charge is 2.37. The maximum absolute atomic E-state index is 13.0. The molecule has 2 aliphatic rings. The van der Waals surface area contributed by atoms with Crippen molar-refractivity contribution in [3.63, 3.8) is 0 Å². The van der Waals surface area contributed by atoms with Crippen LogP contribution < -0.4 is 0 Å². The van der Waals surface area contributed by atoms with E-state index < -0.39 is 0 Å². The number of carbonyl (C=O) groups is 1. The predicted octanol–water partition coefficient (Wildman–Crippen LogP) is 4.24. The molecule has 0 saturated heterocycles. The normalized spacial score (nSPS) is 22.1. The van der Waals surface area contributed by atoms with E-state index in [1.165, 1.54) is 30.4 Å². The number of imidazole rings is 1. The lowest BCUT2D eigenvalue weighted by molar-refractivity contribution is -0.128. The molecule has 1 fully saturated rings. The Hall–Kier alpha value is -1.90. The number of nitrogens with zero attached hydrogens (tertiary/aromatic N) is 2. The molecule has 22 heavy (non-hydrogen) atoms. The number of carbonyl (C=O) groups excluding carboxylic acids is 1. The molecule has 1 aliphatic carbocycles. The number of hydrogen-bond acceptors (Lipinski definition) is 2. The Morgan fingerprint density at radius 1 is 1.23 bits per heavy atom. The lowest BCUT2D eigenvalue weighted by atomic mass is 9.79. The largest absolute Gasteiger partial charge is 0.322 e. The van der Waals surface area contributed by atoms with Crippen LogP contribution in [0.1, 0.15) is 50.6 Å². The molecule has 2 heterocycles. The van der Waals surface area contributed by atoms with Crippen molar-refractivity contribution in [3.05, 3.63) is 42.4 Å². The van der Waals surface area contributed by atoms with Crippen LogP contribution >= 0.6 is 0 Å². The summed E-state index contributed by atoms with van der Waals surface area (Å²) in [6, 6.07) is 8.55. The molecule has 0 spiro atoms. The summed E-state index contributed by atoms with van der Waals surface area (Å²) in [4.78, 5) is 17.3. The van der Waals surface area contributed by atoms with Gasteiger partial charge in [-0.3, -0.25) is 4.79 Å². The Balaban J connectivity index is 1.68. The molecule has 4 rings (SSSR count). The van der Waals surface area contributed by atoms with Crippen molar-refractivity contribution < 1.29 is 4.79 Å². The van der Waals surface area contributed by atoms with Crippen molar-refractivity contribution in [2.45, 2.75) is 45.1 Å². The molecule has 0 radical (unpaired) electrons. The fourth-order valence-electron chi connectivity index (χ4n) is 4.30. The van der Waals surface area contributed by atoms with Gasteiger partial charge in [-0.05, 0) is 18.4 Å². The quantitative estimate of drug-likeness (QED) is 0.848. The zero-order valence-corrected chi connectivity index (χ0v) is 13.0. The Bertz CT molecular complexity index is 697. The van der Waals surface area contributed by atoms with E-state index in [2.05, 4.69) is 40.7 Å². The predicted molar refractivity (Wildman–Crippen MR) is 86.5 cm³/mol. The van der Waals surface area contributed by atoms with E-state index in [9.17, 15) is 4.79 Å². The third-order valence-corrected chi connectivity index (χ3v) is 5.45. The van der Waals surface area contributed by atoms with Gasteiger partial charge < -0.3 is 4.57 Å². The van der Waals surface area contributed by atoms with Crippen LogP contribution in [0.25, 0.3) is 11.3 Å². The van der Waals surface area contributed by atoms with Gasteiger partial charge in [-0.15, -0.1) is 0 Å². The van der Waals surface area contributed by atoms with Gasteiger partial charge in [0.2, 0.25) is 0 Å². The third kappa shape index (κ3) is 2.03. The van der Waals surface area contributed by atoms with Crippen LogP contribution in [-0.4, -0.2) is 15.3 Å². The highest BCUT2D eigenvalue weighted by molar-refractivity contribution is 5.85. The number of benzene rings is 1. The first-order valence-electron chi connectivity index (χ1n) is 8.42. The number of hydrogen-bond donors (Lipinski definition) is 0. The number of fused-ring (bicyclic) bond motifs is 3. The lowest BCUT2D eigenvalue weighted by Gasteiger charge is -2.27. The summed E-state index contributed by atoms with van der Waals surface area (Å²) < 4.78 is 2.19. The summed E-state index contributed by atoms with van der Waals surface area (Å²) in [5.41, 5.74) is 3.65. The van der Waals surface area contributed by atoms with Crippen LogP contribution in [0, 0.1) is 11.8 Å². The van der Waals surface area contributed by atoms with E-state index in [0.717, 1.165) is 18.5 Å². The molecule has 114 valence electrons. The molecule has 1 aromatic carbocycles. The topological polar surface area (TPSA) is 34.9 Å². The number of Topliss-reactive ketones (excluding diaryl/α,β-unsaturated/α-hetero) is 1. The van der Waals surface area contributed by atoms with E-state index in [4.69, 9.17) is 0 Å². The van der Waals surface area contributed by atoms with Gasteiger partial charge in [0.1, 0.15) is 5.78 Å². The smallest absolute Gasteiger partial charge is 0.141 e. The summed E-state index contributed by atoms with van der Waals surface area (Å²) in [6.07, 6.45) is 9.65. The zero-order chi connectivity index (χ0) is 15.1. The molecule has 1 aliphatic heterocycles. The molecule has 0 unspecified atom stereocenters. The fraction of sp³-hybridized carbons (Fsp3) is 0.474. The monoisotopic (exact) mass is 294 g/mol. The highest BCUT2D eigenvalue weighted by atomic mass is 16.1. The average molecular weight is 294 g/mol. The standard InChI is InChI=1S/C19H22N2O/c1-13(19(22)14-7-3-2-4-8-14)18-16-10-6-5-9-15(16)17-11-20-12-21(17)18/h5-6,9-14,18H,2-4,7-8H2,1H3/t13-,18-/m0/s1. The van der Waals surface area contributed by atoms with Crippen LogP contribution in [-0.2, 0) is 4.79 Å². The maximum atomic E-state index is 13.0. The van der Waals surface area contributed by atoms with Crippen molar-refractivity contribution >= 4 is 5.78 Å². The summed E-state index contributed by atoms with van der Waals surface area (Å²) >= 11 is 0. The van der Waals surface area contributed by atoms with E-state index in [0.29, 0.717) is 5.78 Å². The van der Waals surface area contributed by atoms with Crippen LogP contribution in [0.15, 0.2) is 36.8 Å². The molecular formula is C19H22N2O. The minimum Gasteiger partial charge on any atom is -0.322 e. The van der Waals surface area contributed by atoms with E-state index in [1.807, 2.05) is 12.5 Å². The molecule has 0 bridgehead atoms. The Morgan fingerprint density at radius 2 is 2.00 bits per heavy atom. The van der Waals surface area contributed by atoms with Gasteiger partial charge in [-0.25, -0.2) is 4.98 Å². The Kier molecular flexibility index (Phi) is 3.36. The maximum Gasteiger partial charge on any atom is 0.141 e. The summed E-state index contributed by atoms with van der Waals surface area (Å²) in [5.74, 6) is 0.726. The van der Waals surface area contributed by atoms with Gasteiger partial charge in [0.05, 0.1) is 24.3 Å². The van der Waals surface area contributed by atoms with Crippen molar-refractivity contribution in [2.24, 2.45) is 11.8 Å².